The number of nitro benzene ring substituents is 2. The normalized spacial score (nSPS) is 11.2. The van der Waals surface area contributed by atoms with Gasteiger partial charge in [0.15, 0.2) is 0 Å². The molecule has 0 aliphatic carbocycles. The average molecular weight is 770 g/mol. The molecule has 0 heterocycles. The van der Waals surface area contributed by atoms with Crippen molar-refractivity contribution >= 4 is 23.0 Å². The minimum absolute atomic E-state index is 0.179. The number of rotatable bonds is 41. The first-order chi connectivity index (χ1) is 25.9. The van der Waals surface area contributed by atoms with Gasteiger partial charge in [-0.2, -0.15) is 0 Å². The molecule has 0 unspecified atom stereocenters. The topological polar surface area (TPSA) is 246 Å². The zero-order valence-electron chi connectivity index (χ0n) is 30.2. The molecule has 0 saturated carbocycles. The summed E-state index contributed by atoms with van der Waals surface area (Å²) in [7, 11) is 0. The highest BCUT2D eigenvalue weighted by Gasteiger charge is 2.19. The molecule has 21 nitrogen and oxygen atoms in total. The molecule has 2 N–H and O–H groups in total. The Morgan fingerprint density at radius 1 is 0.491 bits per heavy atom. The van der Waals surface area contributed by atoms with Crippen LogP contribution in [-0.4, -0.2) is 186 Å². The fraction of sp³-hybridized carbons (Fsp3) is 0.781. The number of carboxylic acid groups (broad SMARTS) is 1. The van der Waals surface area contributed by atoms with Gasteiger partial charge in [-0.25, -0.2) is 4.79 Å². The summed E-state index contributed by atoms with van der Waals surface area (Å²) in [6.07, 6.45) is 0. The Bertz CT molecular complexity index is 1060. The second-order valence-electron chi connectivity index (χ2n) is 10.3. The van der Waals surface area contributed by atoms with Crippen molar-refractivity contribution in [3.63, 3.8) is 0 Å². The van der Waals surface area contributed by atoms with Crippen molar-refractivity contribution in [1.29, 1.82) is 0 Å². The molecular weight excluding hydrogens is 714 g/mol. The molecule has 0 bridgehead atoms. The molecule has 0 saturated heterocycles. The number of benzene rings is 1. The maximum atomic E-state index is 11.1. The average Bonchev–Trinajstić information content (AvgIpc) is 3.14. The lowest BCUT2D eigenvalue weighted by molar-refractivity contribution is -0.393. The van der Waals surface area contributed by atoms with Crippen LogP contribution in [0.15, 0.2) is 18.2 Å². The Kier molecular flexibility index (Phi) is 32.3. The third-order valence-electron chi connectivity index (χ3n) is 6.27. The number of nitro groups is 2. The maximum Gasteiger partial charge on any atom is 0.329 e. The molecule has 1 rings (SSSR count). The first kappa shape index (κ1) is 47.8. The van der Waals surface area contributed by atoms with Crippen LogP contribution >= 0.6 is 0 Å². The molecule has 306 valence electrons. The van der Waals surface area contributed by atoms with Crippen molar-refractivity contribution in [1.82, 2.24) is 0 Å². The fourth-order valence-corrected chi connectivity index (χ4v) is 3.77. The van der Waals surface area contributed by atoms with Crippen LogP contribution in [0.25, 0.3) is 0 Å². The Morgan fingerprint density at radius 3 is 1.08 bits per heavy atom. The van der Waals surface area contributed by atoms with E-state index >= 15 is 0 Å². The maximum absolute atomic E-state index is 11.1. The van der Waals surface area contributed by atoms with E-state index in [1.165, 1.54) is 12.1 Å². The Balaban J connectivity index is 1.70. The second kappa shape index (κ2) is 35.8. The van der Waals surface area contributed by atoms with Gasteiger partial charge in [0.05, 0.1) is 168 Å². The number of nitrogens with one attached hydrogen (secondary N) is 1. The number of hydrogen-bond donors (Lipinski definition) is 2. The summed E-state index contributed by atoms with van der Waals surface area (Å²) < 4.78 is 64.4. The number of aliphatic carboxylic acids is 1. The molecule has 0 aliphatic heterocycles. The van der Waals surface area contributed by atoms with Gasteiger partial charge < -0.3 is 67.3 Å². The molecule has 0 radical (unpaired) electrons. The predicted molar refractivity (Wildman–Crippen MR) is 186 cm³/mol. The van der Waals surface area contributed by atoms with Gasteiger partial charge >= 0.3 is 5.97 Å². The van der Waals surface area contributed by atoms with Crippen molar-refractivity contribution in [3.05, 3.63) is 38.4 Å². The van der Waals surface area contributed by atoms with Gasteiger partial charge in [-0.05, 0) is 6.07 Å². The summed E-state index contributed by atoms with van der Waals surface area (Å²) in [4.78, 5) is 30.9. The molecule has 0 fully saturated rings. The van der Waals surface area contributed by atoms with Crippen LogP contribution < -0.4 is 5.32 Å². The summed E-state index contributed by atoms with van der Waals surface area (Å²) in [6.45, 7) is 9.35. The Hall–Kier alpha value is -3.19. The Labute approximate surface area is 308 Å². The van der Waals surface area contributed by atoms with Crippen LogP contribution in [0.5, 0.6) is 0 Å². The number of anilines is 1. The van der Waals surface area contributed by atoms with E-state index < -0.39 is 15.8 Å². The zero-order valence-corrected chi connectivity index (χ0v) is 30.2. The smallest absolute Gasteiger partial charge is 0.329 e. The van der Waals surface area contributed by atoms with E-state index in [0.717, 1.165) is 6.07 Å². The van der Waals surface area contributed by atoms with Gasteiger partial charge in [0.2, 0.25) is 0 Å². The molecule has 1 aromatic rings. The molecule has 0 amide bonds. The van der Waals surface area contributed by atoms with Gasteiger partial charge in [0.25, 0.3) is 11.4 Å². The molecular formula is C32H55N3O18. The molecule has 53 heavy (non-hydrogen) atoms. The summed E-state index contributed by atoms with van der Waals surface area (Å²) in [5.41, 5.74) is -0.543. The number of non-ortho nitro benzene ring substituents is 1. The van der Waals surface area contributed by atoms with Crippen molar-refractivity contribution in [2.24, 2.45) is 0 Å². The molecule has 0 aliphatic rings. The standard InChI is InChI=1S/C32H55N3O18/c36-32(37)28-53-26-25-52-24-23-51-22-21-50-20-19-49-18-17-48-16-15-47-14-13-46-12-11-45-10-9-44-8-7-43-6-5-42-4-3-33-30-2-1-29(34(38)39)27-31(30)35(40)41/h1-2,27,33H,3-26,28H2,(H,36,37). The van der Waals surface area contributed by atoms with Crippen molar-refractivity contribution < 1.29 is 76.6 Å². The van der Waals surface area contributed by atoms with Crippen LogP contribution in [0.2, 0.25) is 0 Å². The van der Waals surface area contributed by atoms with E-state index in [4.69, 9.17) is 61.9 Å². The molecule has 21 heteroatoms. The third kappa shape index (κ3) is 30.9. The van der Waals surface area contributed by atoms with E-state index in [1.807, 2.05) is 0 Å². The van der Waals surface area contributed by atoms with Gasteiger partial charge in [0, 0.05) is 12.6 Å². The molecule has 1 aromatic carbocycles. The highest BCUT2D eigenvalue weighted by Crippen LogP contribution is 2.28. The molecule has 0 spiro atoms. The number of hydrogen-bond acceptors (Lipinski definition) is 18. The second-order valence-corrected chi connectivity index (χ2v) is 10.3. The van der Waals surface area contributed by atoms with E-state index in [0.29, 0.717) is 139 Å². The van der Waals surface area contributed by atoms with Gasteiger partial charge in [0.1, 0.15) is 12.3 Å². The zero-order chi connectivity index (χ0) is 38.5. The van der Waals surface area contributed by atoms with Crippen LogP contribution in [0.1, 0.15) is 0 Å². The quantitative estimate of drug-likeness (QED) is 0.0539. The Morgan fingerprint density at radius 2 is 0.792 bits per heavy atom. The summed E-state index contributed by atoms with van der Waals surface area (Å²) in [5, 5.41) is 33.2. The number of ether oxygens (including phenoxy) is 12. The van der Waals surface area contributed by atoms with Gasteiger partial charge in [-0.3, -0.25) is 20.2 Å². The lowest BCUT2D eigenvalue weighted by atomic mass is 10.2. The summed E-state index contributed by atoms with van der Waals surface area (Å²) >= 11 is 0. The lowest BCUT2D eigenvalue weighted by Crippen LogP contribution is -2.16. The summed E-state index contributed by atoms with van der Waals surface area (Å²) in [6, 6.07) is 3.41. The number of nitrogens with zero attached hydrogens (tertiary/aromatic N) is 2. The van der Waals surface area contributed by atoms with Crippen molar-refractivity contribution in [3.8, 4) is 0 Å². The first-order valence-electron chi connectivity index (χ1n) is 17.2. The minimum Gasteiger partial charge on any atom is -0.480 e. The van der Waals surface area contributed by atoms with Crippen LogP contribution in [0, 0.1) is 20.2 Å². The van der Waals surface area contributed by atoms with E-state index in [-0.39, 0.29) is 43.4 Å². The number of carboxylic acids is 1. The molecule has 0 aromatic heterocycles. The SMILES string of the molecule is O=C(O)COCCOCCOCCOCCOCCOCCOCCOCCOCCOCCOCCOCCNc1ccc([N+](=O)[O-])cc1[N+](=O)[O-]. The van der Waals surface area contributed by atoms with Gasteiger partial charge in [-0.1, -0.05) is 0 Å². The van der Waals surface area contributed by atoms with E-state index in [1.54, 1.807) is 0 Å². The molecule has 0 atom stereocenters. The highest BCUT2D eigenvalue weighted by molar-refractivity contribution is 5.68. The monoisotopic (exact) mass is 769 g/mol. The summed E-state index contributed by atoms with van der Waals surface area (Å²) in [5.74, 6) is -1.01. The first-order valence-corrected chi connectivity index (χ1v) is 17.2. The lowest BCUT2D eigenvalue weighted by Gasteiger charge is -2.09. The van der Waals surface area contributed by atoms with Crippen LogP contribution in [0.4, 0.5) is 17.1 Å². The highest BCUT2D eigenvalue weighted by atomic mass is 16.6. The largest absolute Gasteiger partial charge is 0.480 e. The number of carbonyl (C=O) groups is 1. The van der Waals surface area contributed by atoms with Crippen molar-refractivity contribution in [2.75, 3.05) is 170 Å². The minimum atomic E-state index is -1.01. The van der Waals surface area contributed by atoms with Crippen LogP contribution in [-0.2, 0) is 61.6 Å². The third-order valence-corrected chi connectivity index (χ3v) is 6.27. The fourth-order valence-electron chi connectivity index (χ4n) is 3.77. The van der Waals surface area contributed by atoms with Crippen LogP contribution in [0.3, 0.4) is 0 Å². The van der Waals surface area contributed by atoms with Crippen molar-refractivity contribution in [2.45, 2.75) is 0 Å². The predicted octanol–water partition coefficient (Wildman–Crippen LogP) is 1.20. The van der Waals surface area contributed by atoms with E-state index in [2.05, 4.69) is 5.32 Å². The van der Waals surface area contributed by atoms with E-state index in [9.17, 15) is 25.0 Å². The van der Waals surface area contributed by atoms with Gasteiger partial charge in [-0.15, -0.1) is 0 Å².